The van der Waals surface area contributed by atoms with Gasteiger partial charge in [0.25, 0.3) is 0 Å². The van der Waals surface area contributed by atoms with E-state index in [2.05, 4.69) is 0 Å². The van der Waals surface area contributed by atoms with Crippen LogP contribution < -0.4 is 15.4 Å². The molecule has 18 heavy (non-hydrogen) atoms. The number of nitrogens with zero attached hydrogens (tertiary/aromatic N) is 1. The quantitative estimate of drug-likeness (QED) is 0.809. The van der Waals surface area contributed by atoms with E-state index in [-0.39, 0.29) is 11.8 Å². The lowest BCUT2D eigenvalue weighted by Crippen LogP contribution is -2.40. The second-order valence-electron chi connectivity index (χ2n) is 4.11. The van der Waals surface area contributed by atoms with Gasteiger partial charge in [-0.15, -0.1) is 0 Å². The van der Waals surface area contributed by atoms with Crippen molar-refractivity contribution in [1.82, 2.24) is 0 Å². The highest BCUT2D eigenvalue weighted by atomic mass is 16.5. The van der Waals surface area contributed by atoms with Crippen LogP contribution in [-0.2, 0) is 9.59 Å². The monoisotopic (exact) mass is 248 g/mol. The molecule has 1 aliphatic rings. The third kappa shape index (κ3) is 2.68. The number of nitrogens with two attached hydrogens (primary N) is 1. The molecule has 5 nitrogen and oxygen atoms in total. The molecule has 2 rings (SSSR count). The first-order valence-corrected chi connectivity index (χ1v) is 6.01. The molecule has 1 aliphatic heterocycles. The summed E-state index contributed by atoms with van der Waals surface area (Å²) in [5.41, 5.74) is 5.93. The zero-order valence-electron chi connectivity index (χ0n) is 10.1. The van der Waals surface area contributed by atoms with Crippen LogP contribution in [0.3, 0.4) is 0 Å². The van der Waals surface area contributed by atoms with Gasteiger partial charge in [-0.1, -0.05) is 6.07 Å². The smallest absolute Gasteiger partial charge is 0.233 e. The number of anilines is 1. The second-order valence-corrected chi connectivity index (χ2v) is 4.11. The fourth-order valence-electron chi connectivity index (χ4n) is 1.93. The summed E-state index contributed by atoms with van der Waals surface area (Å²) >= 11 is 0. The van der Waals surface area contributed by atoms with Gasteiger partial charge < -0.3 is 10.5 Å². The highest BCUT2D eigenvalue weighted by Gasteiger charge is 2.27. The van der Waals surface area contributed by atoms with Crippen LogP contribution in [0.5, 0.6) is 5.75 Å². The molecule has 2 amide bonds. The molecule has 5 heteroatoms. The van der Waals surface area contributed by atoms with E-state index in [1.54, 1.807) is 24.3 Å². The molecule has 1 heterocycles. The molecule has 1 saturated heterocycles. The molecule has 0 aliphatic carbocycles. The summed E-state index contributed by atoms with van der Waals surface area (Å²) in [5, 5.41) is 0. The minimum absolute atomic E-state index is 0.151. The maximum absolute atomic E-state index is 11.8. The van der Waals surface area contributed by atoms with E-state index in [0.29, 0.717) is 43.9 Å². The Bertz CT molecular complexity index is 443. The van der Waals surface area contributed by atoms with Crippen molar-refractivity contribution in [3.8, 4) is 5.75 Å². The molecule has 96 valence electrons. The van der Waals surface area contributed by atoms with E-state index < -0.39 is 0 Å². The van der Waals surface area contributed by atoms with Crippen LogP contribution in [-0.4, -0.2) is 25.0 Å². The van der Waals surface area contributed by atoms with Gasteiger partial charge in [-0.2, -0.15) is 0 Å². The number of carbonyl (C=O) groups is 2. The maximum Gasteiger partial charge on any atom is 0.233 e. The van der Waals surface area contributed by atoms with Gasteiger partial charge in [0.15, 0.2) is 0 Å². The Labute approximate surface area is 106 Å². The van der Waals surface area contributed by atoms with Crippen LogP contribution in [0.25, 0.3) is 0 Å². The van der Waals surface area contributed by atoms with Gasteiger partial charge in [-0.25, -0.2) is 0 Å². The lowest BCUT2D eigenvalue weighted by Gasteiger charge is -2.25. The third-order valence-electron chi connectivity index (χ3n) is 2.74. The van der Waals surface area contributed by atoms with Gasteiger partial charge in [-0.05, 0) is 18.6 Å². The van der Waals surface area contributed by atoms with Gasteiger partial charge in [0.2, 0.25) is 11.8 Å². The topological polar surface area (TPSA) is 72.6 Å². The first-order chi connectivity index (χ1) is 8.72. The molecule has 1 aromatic rings. The van der Waals surface area contributed by atoms with Crippen LogP contribution in [0.15, 0.2) is 24.3 Å². The van der Waals surface area contributed by atoms with Crippen molar-refractivity contribution in [3.63, 3.8) is 0 Å². The number of amides is 2. The Morgan fingerprint density at radius 3 is 2.61 bits per heavy atom. The lowest BCUT2D eigenvalue weighted by atomic mass is 10.1. The number of benzene rings is 1. The van der Waals surface area contributed by atoms with E-state index in [9.17, 15) is 9.59 Å². The molecule has 0 aromatic heterocycles. The minimum atomic E-state index is -0.151. The molecule has 0 radical (unpaired) electrons. The predicted octanol–water partition coefficient (Wildman–Crippen LogP) is 1.07. The number of piperidine rings is 1. The van der Waals surface area contributed by atoms with Crippen molar-refractivity contribution in [2.75, 3.05) is 18.1 Å². The lowest BCUT2D eigenvalue weighted by molar-refractivity contribution is -0.129. The first kappa shape index (κ1) is 12.6. The van der Waals surface area contributed by atoms with E-state index in [0.717, 1.165) is 0 Å². The minimum Gasteiger partial charge on any atom is -0.492 e. The highest BCUT2D eigenvalue weighted by Crippen LogP contribution is 2.25. The molecule has 0 saturated carbocycles. The van der Waals surface area contributed by atoms with E-state index in [4.69, 9.17) is 10.5 Å². The molecule has 2 N–H and O–H groups in total. The number of carbonyl (C=O) groups excluding carboxylic acids is 2. The molecular formula is C13H16N2O3. The SMILES string of the molecule is NCCOc1cccc(N2C(=O)CCCC2=O)c1. The number of imide groups is 1. The van der Waals surface area contributed by atoms with Crippen LogP contribution in [0.4, 0.5) is 5.69 Å². The summed E-state index contributed by atoms with van der Waals surface area (Å²) in [5.74, 6) is 0.313. The molecule has 0 unspecified atom stereocenters. The van der Waals surface area contributed by atoms with Gasteiger partial charge >= 0.3 is 0 Å². The Hall–Kier alpha value is -1.88. The molecule has 0 bridgehead atoms. The zero-order valence-corrected chi connectivity index (χ0v) is 10.1. The third-order valence-corrected chi connectivity index (χ3v) is 2.74. The number of rotatable bonds is 4. The molecular weight excluding hydrogens is 232 g/mol. The normalized spacial score (nSPS) is 15.9. The number of ether oxygens (including phenoxy) is 1. The average Bonchev–Trinajstić information content (AvgIpc) is 2.37. The highest BCUT2D eigenvalue weighted by molar-refractivity contribution is 6.16. The summed E-state index contributed by atoms with van der Waals surface area (Å²) in [7, 11) is 0. The average molecular weight is 248 g/mol. The fraction of sp³-hybridized carbons (Fsp3) is 0.385. The zero-order chi connectivity index (χ0) is 13.0. The van der Waals surface area contributed by atoms with E-state index in [1.165, 1.54) is 4.90 Å². The summed E-state index contributed by atoms with van der Waals surface area (Å²) < 4.78 is 5.38. The predicted molar refractivity (Wildman–Crippen MR) is 67.3 cm³/mol. The standard InChI is InChI=1S/C13H16N2O3/c14-7-8-18-11-4-1-3-10(9-11)15-12(16)5-2-6-13(15)17/h1,3-4,9H,2,5-8,14H2. The van der Waals surface area contributed by atoms with Crippen molar-refractivity contribution in [2.24, 2.45) is 5.73 Å². The Morgan fingerprint density at radius 1 is 1.22 bits per heavy atom. The van der Waals surface area contributed by atoms with Gasteiger partial charge in [-0.3, -0.25) is 14.5 Å². The van der Waals surface area contributed by atoms with Crippen molar-refractivity contribution in [1.29, 1.82) is 0 Å². The van der Waals surface area contributed by atoms with E-state index >= 15 is 0 Å². The van der Waals surface area contributed by atoms with Crippen LogP contribution >= 0.6 is 0 Å². The summed E-state index contributed by atoms with van der Waals surface area (Å²) in [6.07, 6.45) is 1.47. The Kier molecular flexibility index (Phi) is 3.94. The van der Waals surface area contributed by atoms with Gasteiger partial charge in [0.05, 0.1) is 5.69 Å². The number of hydrogen-bond donors (Lipinski definition) is 1. The first-order valence-electron chi connectivity index (χ1n) is 6.01. The maximum atomic E-state index is 11.8. The fourth-order valence-corrected chi connectivity index (χ4v) is 1.93. The van der Waals surface area contributed by atoms with Crippen molar-refractivity contribution in [3.05, 3.63) is 24.3 Å². The Morgan fingerprint density at radius 2 is 1.94 bits per heavy atom. The molecule has 1 fully saturated rings. The number of hydrogen-bond acceptors (Lipinski definition) is 4. The van der Waals surface area contributed by atoms with Crippen LogP contribution in [0.2, 0.25) is 0 Å². The molecule has 1 aromatic carbocycles. The van der Waals surface area contributed by atoms with E-state index in [1.807, 2.05) is 0 Å². The van der Waals surface area contributed by atoms with Crippen molar-refractivity contribution >= 4 is 17.5 Å². The largest absolute Gasteiger partial charge is 0.492 e. The second kappa shape index (κ2) is 5.64. The summed E-state index contributed by atoms with van der Waals surface area (Å²) in [6, 6.07) is 6.96. The van der Waals surface area contributed by atoms with Gasteiger partial charge in [0, 0.05) is 25.5 Å². The van der Waals surface area contributed by atoms with Crippen molar-refractivity contribution in [2.45, 2.75) is 19.3 Å². The molecule has 0 spiro atoms. The van der Waals surface area contributed by atoms with Crippen LogP contribution in [0, 0.1) is 0 Å². The summed E-state index contributed by atoms with van der Waals surface area (Å²) in [4.78, 5) is 24.8. The molecule has 0 atom stereocenters. The Balaban J connectivity index is 2.21. The summed E-state index contributed by atoms with van der Waals surface area (Å²) in [6.45, 7) is 0.831. The van der Waals surface area contributed by atoms with Crippen molar-refractivity contribution < 1.29 is 14.3 Å². The van der Waals surface area contributed by atoms with Gasteiger partial charge in [0.1, 0.15) is 12.4 Å². The van der Waals surface area contributed by atoms with Crippen LogP contribution in [0.1, 0.15) is 19.3 Å².